The van der Waals surface area contributed by atoms with Crippen molar-refractivity contribution in [2.75, 3.05) is 32.8 Å². The third-order valence-electron chi connectivity index (χ3n) is 6.63. The highest BCUT2D eigenvalue weighted by Crippen LogP contribution is 2.43. The Morgan fingerprint density at radius 2 is 1.53 bits per heavy atom. The summed E-state index contributed by atoms with van der Waals surface area (Å²) in [5, 5.41) is 14.2. The molecule has 2 aliphatic heterocycles. The first-order valence-corrected chi connectivity index (χ1v) is 12.2. The van der Waals surface area contributed by atoms with E-state index in [0.717, 1.165) is 25.6 Å². The van der Waals surface area contributed by atoms with Crippen LogP contribution in [0.4, 0.5) is 26.3 Å². The SMILES string of the molecule is O=C(O)C(F)(F)F.O=C(O)C(F)(F)F.c1cc(COCCC2CCOC23CCN(CC2CC2)CC3)ccn1. The molecular formula is C24H32F6N2O6. The lowest BCUT2D eigenvalue weighted by molar-refractivity contribution is -0.193. The monoisotopic (exact) mass is 558 g/mol. The van der Waals surface area contributed by atoms with Crippen molar-refractivity contribution in [3.05, 3.63) is 30.1 Å². The number of carbonyl (C=O) groups is 2. The first-order valence-electron chi connectivity index (χ1n) is 12.2. The van der Waals surface area contributed by atoms with Crippen molar-refractivity contribution in [1.29, 1.82) is 0 Å². The molecule has 0 aromatic carbocycles. The van der Waals surface area contributed by atoms with Gasteiger partial charge in [0.1, 0.15) is 0 Å². The van der Waals surface area contributed by atoms with E-state index < -0.39 is 24.3 Å². The van der Waals surface area contributed by atoms with E-state index in [9.17, 15) is 26.3 Å². The van der Waals surface area contributed by atoms with Gasteiger partial charge in [-0.3, -0.25) is 4.98 Å². The van der Waals surface area contributed by atoms with E-state index in [0.29, 0.717) is 12.5 Å². The summed E-state index contributed by atoms with van der Waals surface area (Å²) >= 11 is 0. The molecule has 1 atom stereocenters. The summed E-state index contributed by atoms with van der Waals surface area (Å²) in [6.45, 7) is 6.26. The van der Waals surface area contributed by atoms with Gasteiger partial charge in [-0.05, 0) is 68.1 Å². The molecule has 38 heavy (non-hydrogen) atoms. The Bertz CT molecular complexity index is 847. The molecule has 0 bridgehead atoms. The van der Waals surface area contributed by atoms with Crippen molar-refractivity contribution in [1.82, 2.24) is 9.88 Å². The molecule has 2 saturated heterocycles. The lowest BCUT2D eigenvalue weighted by Crippen LogP contribution is -2.48. The molecule has 0 radical (unpaired) electrons. The van der Waals surface area contributed by atoms with Crippen LogP contribution < -0.4 is 0 Å². The van der Waals surface area contributed by atoms with E-state index >= 15 is 0 Å². The Balaban J connectivity index is 0.000000301. The van der Waals surface area contributed by atoms with Gasteiger partial charge in [0, 0.05) is 45.2 Å². The smallest absolute Gasteiger partial charge is 0.475 e. The number of carboxylic acids is 2. The van der Waals surface area contributed by atoms with Crippen molar-refractivity contribution in [3.63, 3.8) is 0 Å². The third kappa shape index (κ3) is 11.1. The van der Waals surface area contributed by atoms with Crippen LogP contribution in [0.15, 0.2) is 24.5 Å². The molecule has 14 heteroatoms. The molecule has 0 amide bonds. The number of hydrogen-bond acceptors (Lipinski definition) is 6. The number of likely N-dealkylation sites (tertiary alicyclic amines) is 1. The van der Waals surface area contributed by atoms with Crippen molar-refractivity contribution in [2.45, 2.75) is 63.1 Å². The summed E-state index contributed by atoms with van der Waals surface area (Å²) < 4.78 is 75.7. The van der Waals surface area contributed by atoms with E-state index in [-0.39, 0.29) is 5.60 Å². The average Bonchev–Trinajstić information content (AvgIpc) is 3.58. The van der Waals surface area contributed by atoms with E-state index in [1.165, 1.54) is 57.3 Å². The van der Waals surface area contributed by atoms with Crippen LogP contribution in [0.25, 0.3) is 0 Å². The summed E-state index contributed by atoms with van der Waals surface area (Å²) in [5.74, 6) is -3.83. The molecule has 1 aromatic heterocycles. The highest BCUT2D eigenvalue weighted by molar-refractivity contribution is 5.73. The standard InChI is InChI=1S/C20H30N2O2.2C2HF3O2/c1-2-17(1)15-22-11-7-20(8-12-22)19(6-14-24-20)5-13-23-16-18-3-9-21-10-4-18;2*3-2(4,5)1(6)7/h3-4,9-10,17,19H,1-2,5-8,11-16H2;2*(H,6,7). The van der Waals surface area contributed by atoms with Gasteiger partial charge >= 0.3 is 24.3 Å². The number of nitrogens with zero attached hydrogens (tertiary/aromatic N) is 2. The zero-order valence-electron chi connectivity index (χ0n) is 20.6. The second-order valence-corrected chi connectivity index (χ2v) is 9.45. The molecule has 3 heterocycles. The number of ether oxygens (including phenoxy) is 2. The van der Waals surface area contributed by atoms with Crippen molar-refractivity contribution in [3.8, 4) is 0 Å². The number of carboxylic acid groups (broad SMARTS) is 2. The van der Waals surface area contributed by atoms with Gasteiger partial charge < -0.3 is 24.6 Å². The second-order valence-electron chi connectivity index (χ2n) is 9.45. The number of pyridine rings is 1. The van der Waals surface area contributed by atoms with Gasteiger partial charge in [-0.2, -0.15) is 26.3 Å². The first kappa shape index (κ1) is 31.8. The van der Waals surface area contributed by atoms with Crippen LogP contribution in [0.1, 0.15) is 44.1 Å². The highest BCUT2D eigenvalue weighted by atomic mass is 19.4. The Hall–Kier alpha value is -2.45. The predicted molar refractivity (Wildman–Crippen MR) is 121 cm³/mol. The van der Waals surface area contributed by atoms with Gasteiger partial charge in [0.25, 0.3) is 0 Å². The van der Waals surface area contributed by atoms with Crippen LogP contribution >= 0.6 is 0 Å². The highest BCUT2D eigenvalue weighted by Gasteiger charge is 2.46. The second kappa shape index (κ2) is 14.1. The lowest BCUT2D eigenvalue weighted by atomic mass is 9.78. The molecule has 8 nitrogen and oxygen atoms in total. The molecule has 216 valence electrons. The molecule has 3 fully saturated rings. The summed E-state index contributed by atoms with van der Waals surface area (Å²) in [5.41, 5.74) is 1.36. The number of aromatic nitrogens is 1. The third-order valence-corrected chi connectivity index (χ3v) is 6.63. The molecule has 1 saturated carbocycles. The van der Waals surface area contributed by atoms with Crippen LogP contribution in [0, 0.1) is 11.8 Å². The summed E-state index contributed by atoms with van der Waals surface area (Å²) in [4.78, 5) is 24.5. The first-order chi connectivity index (χ1) is 17.7. The molecule has 1 aromatic rings. The van der Waals surface area contributed by atoms with Crippen LogP contribution in [0.5, 0.6) is 0 Å². The van der Waals surface area contributed by atoms with Crippen LogP contribution in [0.3, 0.4) is 0 Å². The van der Waals surface area contributed by atoms with Crippen LogP contribution in [0.2, 0.25) is 0 Å². The number of piperidine rings is 1. The molecule has 3 aliphatic rings. The minimum atomic E-state index is -5.08. The summed E-state index contributed by atoms with van der Waals surface area (Å²) in [6.07, 6.45) is 1.17. The quantitative estimate of drug-likeness (QED) is 0.371. The number of rotatable bonds is 7. The Kier molecular flexibility index (Phi) is 11.8. The molecule has 1 spiro atoms. The molecular weight excluding hydrogens is 526 g/mol. The normalized spacial score (nSPS) is 21.2. The Morgan fingerprint density at radius 3 is 2.00 bits per heavy atom. The fraction of sp³-hybridized carbons (Fsp3) is 0.708. The number of alkyl halides is 6. The van der Waals surface area contributed by atoms with Crippen molar-refractivity contribution in [2.24, 2.45) is 11.8 Å². The number of halogens is 6. The van der Waals surface area contributed by atoms with Gasteiger partial charge in [-0.15, -0.1) is 0 Å². The van der Waals surface area contributed by atoms with Crippen molar-refractivity contribution < 1.29 is 55.6 Å². The van der Waals surface area contributed by atoms with Gasteiger partial charge in [-0.1, -0.05) is 0 Å². The van der Waals surface area contributed by atoms with Gasteiger partial charge in [0.15, 0.2) is 0 Å². The van der Waals surface area contributed by atoms with Crippen LogP contribution in [-0.4, -0.2) is 82.8 Å². The topological polar surface area (TPSA) is 109 Å². The molecule has 2 N–H and O–H groups in total. The zero-order chi connectivity index (χ0) is 28.4. The summed E-state index contributed by atoms with van der Waals surface area (Å²) in [6, 6.07) is 4.05. The largest absolute Gasteiger partial charge is 0.490 e. The van der Waals surface area contributed by atoms with E-state index in [1.807, 2.05) is 24.5 Å². The molecule has 1 aliphatic carbocycles. The minimum absolute atomic E-state index is 0.153. The zero-order valence-corrected chi connectivity index (χ0v) is 20.6. The Labute approximate surface area is 215 Å². The predicted octanol–water partition coefficient (Wildman–Crippen LogP) is 4.54. The maximum atomic E-state index is 10.6. The van der Waals surface area contributed by atoms with E-state index in [4.69, 9.17) is 29.3 Å². The van der Waals surface area contributed by atoms with Gasteiger partial charge in [0.05, 0.1) is 12.2 Å². The van der Waals surface area contributed by atoms with E-state index in [2.05, 4.69) is 9.88 Å². The van der Waals surface area contributed by atoms with Crippen molar-refractivity contribution >= 4 is 11.9 Å². The number of hydrogen-bond donors (Lipinski definition) is 2. The molecule has 4 rings (SSSR count). The van der Waals surface area contributed by atoms with Gasteiger partial charge in [-0.25, -0.2) is 9.59 Å². The average molecular weight is 559 g/mol. The maximum absolute atomic E-state index is 10.6. The maximum Gasteiger partial charge on any atom is 0.490 e. The van der Waals surface area contributed by atoms with E-state index in [1.54, 1.807) is 0 Å². The summed E-state index contributed by atoms with van der Waals surface area (Å²) in [7, 11) is 0. The fourth-order valence-corrected chi connectivity index (χ4v) is 4.42. The minimum Gasteiger partial charge on any atom is -0.475 e. The molecule has 1 unspecified atom stereocenters. The lowest BCUT2D eigenvalue weighted by Gasteiger charge is -2.42. The fourth-order valence-electron chi connectivity index (χ4n) is 4.42. The number of aliphatic carboxylic acids is 2. The Morgan fingerprint density at radius 1 is 1.00 bits per heavy atom. The van der Waals surface area contributed by atoms with Crippen LogP contribution in [-0.2, 0) is 25.7 Å². The van der Waals surface area contributed by atoms with Gasteiger partial charge in [0.2, 0.25) is 0 Å².